The predicted octanol–water partition coefficient (Wildman–Crippen LogP) is -0.963. The number of anilines is 1. The van der Waals surface area contributed by atoms with Crippen LogP contribution in [0.1, 0.15) is 10.5 Å². The van der Waals surface area contributed by atoms with Crippen LogP contribution in [0.25, 0.3) is 0 Å². The molecule has 0 fully saturated rings. The van der Waals surface area contributed by atoms with Gasteiger partial charge in [0.2, 0.25) is 5.91 Å². The number of nitrogens with two attached hydrogens (primary N) is 1. The first kappa shape index (κ1) is 14.7. The molecule has 9 nitrogen and oxygen atoms in total. The van der Waals surface area contributed by atoms with Gasteiger partial charge in [0, 0.05) is 32.5 Å². The minimum absolute atomic E-state index is 0.0947. The average molecular weight is 291 g/mol. The van der Waals surface area contributed by atoms with Gasteiger partial charge in [-0.15, -0.1) is 0 Å². The number of aromatic nitrogens is 4. The van der Waals surface area contributed by atoms with E-state index < -0.39 is 0 Å². The van der Waals surface area contributed by atoms with Gasteiger partial charge in [-0.05, 0) is 0 Å². The van der Waals surface area contributed by atoms with Crippen LogP contribution >= 0.6 is 0 Å². The lowest BCUT2D eigenvalue weighted by atomic mass is 10.4. The molecule has 0 unspecified atom stereocenters. The SMILES string of the molecule is CNC(=O)Cn1cc(NC(=O)c2cn(CCN)cn2)cn1. The number of amides is 2. The lowest BCUT2D eigenvalue weighted by Gasteiger charge is -2.00. The zero-order valence-electron chi connectivity index (χ0n) is 11.6. The summed E-state index contributed by atoms with van der Waals surface area (Å²) in [6.45, 7) is 1.17. The third-order valence-corrected chi connectivity index (χ3v) is 2.73. The summed E-state index contributed by atoms with van der Waals surface area (Å²) in [6.07, 6.45) is 6.22. The second kappa shape index (κ2) is 6.66. The third-order valence-electron chi connectivity index (χ3n) is 2.73. The lowest BCUT2D eigenvalue weighted by Crippen LogP contribution is -2.23. The Morgan fingerprint density at radius 3 is 2.90 bits per heavy atom. The second-order valence-corrected chi connectivity index (χ2v) is 4.34. The van der Waals surface area contributed by atoms with Crippen molar-refractivity contribution in [2.75, 3.05) is 18.9 Å². The van der Waals surface area contributed by atoms with Crippen LogP contribution in [-0.2, 0) is 17.9 Å². The zero-order chi connectivity index (χ0) is 15.2. The Morgan fingerprint density at radius 2 is 2.19 bits per heavy atom. The van der Waals surface area contributed by atoms with Crippen molar-refractivity contribution in [1.82, 2.24) is 24.6 Å². The Morgan fingerprint density at radius 1 is 1.38 bits per heavy atom. The van der Waals surface area contributed by atoms with Crippen LogP contribution in [0.4, 0.5) is 5.69 Å². The summed E-state index contributed by atoms with van der Waals surface area (Å²) in [5.74, 6) is -0.512. The van der Waals surface area contributed by atoms with Crippen molar-refractivity contribution in [2.24, 2.45) is 5.73 Å². The summed E-state index contributed by atoms with van der Waals surface area (Å²) < 4.78 is 3.17. The number of hydrogen-bond donors (Lipinski definition) is 3. The van der Waals surface area contributed by atoms with E-state index in [1.807, 2.05) is 0 Å². The van der Waals surface area contributed by atoms with Crippen LogP contribution in [0.5, 0.6) is 0 Å². The molecule has 2 aromatic heterocycles. The Kier molecular flexibility index (Phi) is 4.67. The van der Waals surface area contributed by atoms with Crippen molar-refractivity contribution < 1.29 is 9.59 Å². The van der Waals surface area contributed by atoms with Gasteiger partial charge in [-0.25, -0.2) is 4.98 Å². The summed E-state index contributed by atoms with van der Waals surface area (Å²) in [7, 11) is 1.55. The fourth-order valence-corrected chi connectivity index (χ4v) is 1.68. The molecule has 0 aliphatic rings. The second-order valence-electron chi connectivity index (χ2n) is 4.34. The molecule has 0 aliphatic heterocycles. The molecule has 0 atom stereocenters. The largest absolute Gasteiger partial charge is 0.358 e. The summed E-state index contributed by atoms with van der Waals surface area (Å²) in [5.41, 5.74) is 6.22. The number of nitrogens with one attached hydrogen (secondary N) is 2. The first-order valence-electron chi connectivity index (χ1n) is 6.38. The van der Waals surface area contributed by atoms with Crippen molar-refractivity contribution in [2.45, 2.75) is 13.1 Å². The number of nitrogens with zero attached hydrogens (tertiary/aromatic N) is 4. The Balaban J connectivity index is 1.97. The standard InChI is InChI=1S/C12H17N7O2/c1-14-11(20)7-19-5-9(4-16-19)17-12(21)10-6-18(3-2-13)8-15-10/h4-6,8H,2-3,7,13H2,1H3,(H,14,20)(H,17,21). The molecule has 2 heterocycles. The van der Waals surface area contributed by atoms with Gasteiger partial charge >= 0.3 is 0 Å². The normalized spacial score (nSPS) is 10.4. The monoisotopic (exact) mass is 291 g/mol. The Labute approximate surface area is 121 Å². The zero-order valence-corrected chi connectivity index (χ0v) is 11.6. The van der Waals surface area contributed by atoms with E-state index in [4.69, 9.17) is 5.73 Å². The molecule has 112 valence electrons. The fraction of sp³-hybridized carbons (Fsp3) is 0.333. The molecule has 0 saturated heterocycles. The van der Waals surface area contributed by atoms with Crippen molar-refractivity contribution in [3.8, 4) is 0 Å². The number of carbonyl (C=O) groups excluding carboxylic acids is 2. The minimum atomic E-state index is -0.342. The molecule has 4 N–H and O–H groups in total. The van der Waals surface area contributed by atoms with Crippen molar-refractivity contribution in [1.29, 1.82) is 0 Å². The Hall–Kier alpha value is -2.68. The van der Waals surface area contributed by atoms with Gasteiger partial charge in [-0.1, -0.05) is 0 Å². The molecule has 21 heavy (non-hydrogen) atoms. The quantitative estimate of drug-likeness (QED) is 0.633. The maximum Gasteiger partial charge on any atom is 0.275 e. The topological polar surface area (TPSA) is 120 Å². The summed E-state index contributed by atoms with van der Waals surface area (Å²) in [5, 5.41) is 9.14. The van der Waals surface area contributed by atoms with Crippen LogP contribution in [0, 0.1) is 0 Å². The highest BCUT2D eigenvalue weighted by Gasteiger charge is 2.11. The maximum atomic E-state index is 12.0. The van der Waals surface area contributed by atoms with Crippen LogP contribution in [0.15, 0.2) is 24.9 Å². The van der Waals surface area contributed by atoms with Gasteiger partial charge in [0.15, 0.2) is 0 Å². The van der Waals surface area contributed by atoms with Gasteiger partial charge in [0.25, 0.3) is 5.91 Å². The van der Waals surface area contributed by atoms with Crippen molar-refractivity contribution in [3.05, 3.63) is 30.6 Å². The van der Waals surface area contributed by atoms with E-state index in [0.29, 0.717) is 24.5 Å². The van der Waals surface area contributed by atoms with Crippen LogP contribution in [0.3, 0.4) is 0 Å². The van der Waals surface area contributed by atoms with E-state index >= 15 is 0 Å². The van der Waals surface area contributed by atoms with Gasteiger partial charge in [-0.3, -0.25) is 14.3 Å². The highest BCUT2D eigenvalue weighted by atomic mass is 16.2. The number of carbonyl (C=O) groups is 2. The van der Waals surface area contributed by atoms with Gasteiger partial charge in [0.1, 0.15) is 12.2 Å². The molecule has 0 aromatic carbocycles. The molecular formula is C12H17N7O2. The molecule has 9 heteroatoms. The average Bonchev–Trinajstić information content (AvgIpc) is 3.09. The van der Waals surface area contributed by atoms with Gasteiger partial charge < -0.3 is 20.9 Å². The first-order valence-corrected chi connectivity index (χ1v) is 6.38. The highest BCUT2D eigenvalue weighted by Crippen LogP contribution is 2.07. The van der Waals surface area contributed by atoms with Gasteiger partial charge in [0.05, 0.1) is 18.2 Å². The Bertz CT molecular complexity index is 631. The molecule has 0 spiro atoms. The molecule has 2 amide bonds. The van der Waals surface area contributed by atoms with E-state index in [9.17, 15) is 9.59 Å². The van der Waals surface area contributed by atoms with Crippen LogP contribution in [0.2, 0.25) is 0 Å². The molecule has 0 radical (unpaired) electrons. The highest BCUT2D eigenvalue weighted by molar-refractivity contribution is 6.02. The summed E-state index contributed by atoms with van der Waals surface area (Å²) >= 11 is 0. The van der Waals surface area contributed by atoms with E-state index in [-0.39, 0.29) is 18.4 Å². The number of likely N-dealkylation sites (N-methyl/N-ethyl adjacent to an activating group) is 1. The smallest absolute Gasteiger partial charge is 0.275 e. The third kappa shape index (κ3) is 3.89. The van der Waals surface area contributed by atoms with Crippen LogP contribution < -0.4 is 16.4 Å². The fourth-order valence-electron chi connectivity index (χ4n) is 1.68. The molecule has 2 rings (SSSR count). The first-order chi connectivity index (χ1) is 10.1. The minimum Gasteiger partial charge on any atom is -0.358 e. The lowest BCUT2D eigenvalue weighted by molar-refractivity contribution is -0.121. The number of imidazole rings is 1. The van der Waals surface area contributed by atoms with E-state index in [1.165, 1.54) is 10.9 Å². The molecule has 2 aromatic rings. The van der Waals surface area contributed by atoms with Crippen molar-refractivity contribution in [3.63, 3.8) is 0 Å². The molecule has 0 bridgehead atoms. The molecular weight excluding hydrogens is 274 g/mol. The molecule has 0 aliphatic carbocycles. The summed E-state index contributed by atoms with van der Waals surface area (Å²) in [6, 6.07) is 0. The van der Waals surface area contributed by atoms with E-state index in [1.54, 1.807) is 30.3 Å². The van der Waals surface area contributed by atoms with Crippen LogP contribution in [-0.4, -0.2) is 44.7 Å². The number of rotatable bonds is 6. The van der Waals surface area contributed by atoms with E-state index in [0.717, 1.165) is 0 Å². The van der Waals surface area contributed by atoms with E-state index in [2.05, 4.69) is 20.7 Å². The molecule has 0 saturated carbocycles. The number of hydrogen-bond acceptors (Lipinski definition) is 5. The van der Waals surface area contributed by atoms with Gasteiger partial charge in [-0.2, -0.15) is 5.10 Å². The predicted molar refractivity (Wildman–Crippen MR) is 75.5 cm³/mol. The summed E-state index contributed by atoms with van der Waals surface area (Å²) in [4.78, 5) is 27.2. The van der Waals surface area contributed by atoms with Crippen molar-refractivity contribution >= 4 is 17.5 Å². The maximum absolute atomic E-state index is 12.0.